The van der Waals surface area contributed by atoms with Crippen molar-refractivity contribution in [1.29, 1.82) is 0 Å². The molecule has 0 atom stereocenters. The first-order valence-corrected chi connectivity index (χ1v) is 7.18. The average molecular weight is 378 g/mol. The minimum absolute atomic E-state index is 0.420. The van der Waals surface area contributed by atoms with E-state index in [1.54, 1.807) is 18.3 Å². The number of nitrogens with zero attached hydrogens (tertiary/aromatic N) is 1. The highest BCUT2D eigenvalue weighted by atomic mass is 79.9. The quantitative estimate of drug-likeness (QED) is 0.525. The van der Waals surface area contributed by atoms with Crippen molar-refractivity contribution >= 4 is 62.6 Å². The third-order valence-electron chi connectivity index (χ3n) is 2.25. The molecule has 0 aliphatic carbocycles. The SMILES string of the molecule is Clc1cc(Cl)c(N/N=C/c2cccc(Br)c2)c(Cl)c1. The van der Waals surface area contributed by atoms with Crippen LogP contribution in [-0.4, -0.2) is 6.21 Å². The molecule has 19 heavy (non-hydrogen) atoms. The van der Waals surface area contributed by atoms with Crippen LogP contribution in [-0.2, 0) is 0 Å². The third kappa shape index (κ3) is 4.11. The molecule has 0 unspecified atom stereocenters. The maximum Gasteiger partial charge on any atom is 0.0935 e. The maximum absolute atomic E-state index is 6.03. The fourth-order valence-corrected chi connectivity index (χ4v) is 2.73. The van der Waals surface area contributed by atoms with E-state index in [2.05, 4.69) is 26.5 Å². The van der Waals surface area contributed by atoms with Gasteiger partial charge in [-0.05, 0) is 29.8 Å². The molecular weight excluding hydrogens is 370 g/mol. The fraction of sp³-hybridized carbons (Fsp3) is 0. The first-order chi connectivity index (χ1) is 9.06. The second-order valence-electron chi connectivity index (χ2n) is 3.67. The topological polar surface area (TPSA) is 24.4 Å². The summed E-state index contributed by atoms with van der Waals surface area (Å²) < 4.78 is 0.985. The number of nitrogens with one attached hydrogen (secondary N) is 1. The van der Waals surface area contributed by atoms with Crippen LogP contribution in [0.15, 0.2) is 46.0 Å². The molecule has 98 valence electrons. The molecular formula is C13H8BrCl3N2. The Morgan fingerprint density at radius 3 is 2.37 bits per heavy atom. The van der Waals surface area contributed by atoms with Crippen molar-refractivity contribution in [1.82, 2.24) is 0 Å². The molecule has 2 aromatic carbocycles. The standard InChI is InChI=1S/C13H8BrCl3N2/c14-9-3-1-2-8(4-9)7-18-19-13-11(16)5-10(15)6-12(13)17/h1-7,19H/b18-7+. The normalized spacial score (nSPS) is 10.9. The van der Waals surface area contributed by atoms with Gasteiger partial charge < -0.3 is 0 Å². The predicted octanol–water partition coefficient (Wildman–Crippen LogP) is 5.86. The summed E-state index contributed by atoms with van der Waals surface area (Å²) >= 11 is 21.3. The highest BCUT2D eigenvalue weighted by Gasteiger charge is 2.06. The van der Waals surface area contributed by atoms with Crippen molar-refractivity contribution in [2.75, 3.05) is 5.43 Å². The zero-order valence-corrected chi connectivity index (χ0v) is 13.4. The van der Waals surface area contributed by atoms with E-state index < -0.39 is 0 Å². The van der Waals surface area contributed by atoms with Crippen molar-refractivity contribution in [3.63, 3.8) is 0 Å². The van der Waals surface area contributed by atoms with Crippen molar-refractivity contribution in [3.05, 3.63) is 61.5 Å². The van der Waals surface area contributed by atoms with Crippen LogP contribution >= 0.6 is 50.7 Å². The molecule has 0 heterocycles. The van der Waals surface area contributed by atoms with E-state index in [0.29, 0.717) is 20.8 Å². The Morgan fingerprint density at radius 2 is 1.74 bits per heavy atom. The van der Waals surface area contributed by atoms with Gasteiger partial charge in [0.25, 0.3) is 0 Å². The molecule has 0 bridgehead atoms. The van der Waals surface area contributed by atoms with Gasteiger partial charge in [0.1, 0.15) is 0 Å². The van der Waals surface area contributed by atoms with E-state index in [9.17, 15) is 0 Å². The molecule has 0 saturated carbocycles. The van der Waals surface area contributed by atoms with Crippen molar-refractivity contribution < 1.29 is 0 Å². The minimum atomic E-state index is 0.420. The predicted molar refractivity (Wildman–Crippen MR) is 86.8 cm³/mol. The minimum Gasteiger partial charge on any atom is -0.275 e. The summed E-state index contributed by atoms with van der Waals surface area (Å²) in [6, 6.07) is 10.9. The highest BCUT2D eigenvalue weighted by Crippen LogP contribution is 2.33. The Kier molecular flexibility index (Phi) is 5.11. The second-order valence-corrected chi connectivity index (χ2v) is 5.84. The first kappa shape index (κ1) is 14.7. The lowest BCUT2D eigenvalue weighted by atomic mass is 10.2. The summed E-state index contributed by atoms with van der Waals surface area (Å²) in [5.41, 5.74) is 4.28. The summed E-state index contributed by atoms with van der Waals surface area (Å²) in [7, 11) is 0. The summed E-state index contributed by atoms with van der Waals surface area (Å²) in [6.07, 6.45) is 1.67. The van der Waals surface area contributed by atoms with Gasteiger partial charge in [-0.1, -0.05) is 62.9 Å². The molecule has 2 nitrogen and oxygen atoms in total. The van der Waals surface area contributed by atoms with Crippen LogP contribution in [0.25, 0.3) is 0 Å². The average Bonchev–Trinajstić information content (AvgIpc) is 2.32. The van der Waals surface area contributed by atoms with Gasteiger partial charge in [0, 0.05) is 9.50 Å². The van der Waals surface area contributed by atoms with Gasteiger partial charge in [-0.2, -0.15) is 5.10 Å². The molecule has 0 aliphatic rings. The summed E-state index contributed by atoms with van der Waals surface area (Å²) in [5.74, 6) is 0. The van der Waals surface area contributed by atoms with Crippen LogP contribution in [0.5, 0.6) is 0 Å². The molecule has 0 spiro atoms. The Balaban J connectivity index is 2.15. The lowest BCUT2D eigenvalue weighted by molar-refractivity contribution is 1.35. The monoisotopic (exact) mass is 376 g/mol. The molecule has 2 aromatic rings. The third-order valence-corrected chi connectivity index (χ3v) is 3.55. The van der Waals surface area contributed by atoms with Gasteiger partial charge in [0.05, 0.1) is 21.9 Å². The van der Waals surface area contributed by atoms with Crippen LogP contribution in [0.3, 0.4) is 0 Å². The number of hydrazone groups is 1. The van der Waals surface area contributed by atoms with E-state index >= 15 is 0 Å². The molecule has 6 heteroatoms. The van der Waals surface area contributed by atoms with Gasteiger partial charge in [-0.15, -0.1) is 0 Å². The Labute approximate surface area is 134 Å². The summed E-state index contributed by atoms with van der Waals surface area (Å²) in [5, 5.41) is 5.42. The van der Waals surface area contributed by atoms with Crippen molar-refractivity contribution in [3.8, 4) is 0 Å². The fourth-order valence-electron chi connectivity index (χ4n) is 1.41. The molecule has 0 aromatic heterocycles. The van der Waals surface area contributed by atoms with Crippen molar-refractivity contribution in [2.24, 2.45) is 5.10 Å². The summed E-state index contributed by atoms with van der Waals surface area (Å²) in [6.45, 7) is 0. The zero-order valence-electron chi connectivity index (χ0n) is 9.50. The Morgan fingerprint density at radius 1 is 1.05 bits per heavy atom. The van der Waals surface area contributed by atoms with Crippen LogP contribution in [0.4, 0.5) is 5.69 Å². The van der Waals surface area contributed by atoms with Crippen LogP contribution in [0.1, 0.15) is 5.56 Å². The molecule has 0 amide bonds. The molecule has 0 radical (unpaired) electrons. The van der Waals surface area contributed by atoms with E-state index in [4.69, 9.17) is 34.8 Å². The van der Waals surface area contributed by atoms with Crippen LogP contribution in [0, 0.1) is 0 Å². The molecule has 1 N–H and O–H groups in total. The van der Waals surface area contributed by atoms with E-state index in [1.165, 1.54) is 0 Å². The van der Waals surface area contributed by atoms with Gasteiger partial charge in [0.2, 0.25) is 0 Å². The summed E-state index contributed by atoms with van der Waals surface area (Å²) in [4.78, 5) is 0. The largest absolute Gasteiger partial charge is 0.275 e. The lowest BCUT2D eigenvalue weighted by Crippen LogP contribution is -1.92. The smallest absolute Gasteiger partial charge is 0.0935 e. The van der Waals surface area contributed by atoms with Gasteiger partial charge in [-0.25, -0.2) is 0 Å². The second kappa shape index (κ2) is 6.62. The van der Waals surface area contributed by atoms with Gasteiger partial charge in [0.15, 0.2) is 0 Å². The molecule has 2 rings (SSSR count). The van der Waals surface area contributed by atoms with Crippen LogP contribution in [0.2, 0.25) is 15.1 Å². The number of benzene rings is 2. The number of halogens is 4. The van der Waals surface area contributed by atoms with Crippen molar-refractivity contribution in [2.45, 2.75) is 0 Å². The maximum atomic E-state index is 6.03. The number of hydrogen-bond acceptors (Lipinski definition) is 2. The highest BCUT2D eigenvalue weighted by molar-refractivity contribution is 9.10. The Bertz CT molecular complexity index is 606. The first-order valence-electron chi connectivity index (χ1n) is 5.25. The van der Waals surface area contributed by atoms with Gasteiger partial charge >= 0.3 is 0 Å². The lowest BCUT2D eigenvalue weighted by Gasteiger charge is -2.06. The molecule has 0 fully saturated rings. The Hall–Kier alpha value is -0.740. The van der Waals surface area contributed by atoms with E-state index in [0.717, 1.165) is 10.0 Å². The van der Waals surface area contributed by atoms with Crippen LogP contribution < -0.4 is 5.43 Å². The van der Waals surface area contributed by atoms with Gasteiger partial charge in [-0.3, -0.25) is 5.43 Å². The molecule has 0 aliphatic heterocycles. The molecule has 0 saturated heterocycles. The number of hydrogen-bond donors (Lipinski definition) is 1. The van der Waals surface area contributed by atoms with E-state index in [1.807, 2.05) is 24.3 Å². The zero-order chi connectivity index (χ0) is 13.8. The number of rotatable bonds is 3. The number of anilines is 1. The van der Waals surface area contributed by atoms with E-state index in [-0.39, 0.29) is 0 Å².